The number of hydrogen-bond acceptors (Lipinski definition) is 7. The summed E-state index contributed by atoms with van der Waals surface area (Å²) in [4.78, 5) is 6.37. The molecule has 0 saturated carbocycles. The van der Waals surface area contributed by atoms with Crippen LogP contribution in [0, 0.1) is 11.3 Å². The fourth-order valence-corrected chi connectivity index (χ4v) is 5.42. The van der Waals surface area contributed by atoms with Gasteiger partial charge in [-0.25, -0.2) is 13.4 Å². The largest absolute Gasteiger partial charge is 0.489 e. The van der Waals surface area contributed by atoms with Gasteiger partial charge in [0.2, 0.25) is 0 Å². The molecular formula is C20H17N3O3S2. The highest BCUT2D eigenvalue weighted by Crippen LogP contribution is 2.38. The van der Waals surface area contributed by atoms with E-state index in [0.29, 0.717) is 30.3 Å². The lowest BCUT2D eigenvalue weighted by Gasteiger charge is -2.31. The zero-order chi connectivity index (χ0) is 19.6. The van der Waals surface area contributed by atoms with Crippen LogP contribution in [0.5, 0.6) is 5.75 Å². The third-order valence-electron chi connectivity index (χ3n) is 4.46. The summed E-state index contributed by atoms with van der Waals surface area (Å²) in [5.74, 6) is 0.417. The maximum absolute atomic E-state index is 12.7. The van der Waals surface area contributed by atoms with E-state index >= 15 is 0 Å². The van der Waals surface area contributed by atoms with Gasteiger partial charge in [0, 0.05) is 23.3 Å². The summed E-state index contributed by atoms with van der Waals surface area (Å²) in [7, 11) is -3.50. The van der Waals surface area contributed by atoms with Crippen molar-refractivity contribution in [2.75, 3.05) is 18.1 Å². The van der Waals surface area contributed by atoms with Crippen LogP contribution < -0.4 is 9.64 Å². The number of nitriles is 1. The molecule has 0 aliphatic carbocycles. The maximum atomic E-state index is 12.7. The number of anilines is 2. The number of benzene rings is 2. The zero-order valence-electron chi connectivity index (χ0n) is 14.9. The Bertz CT molecular complexity index is 1140. The van der Waals surface area contributed by atoms with E-state index < -0.39 is 9.84 Å². The van der Waals surface area contributed by atoms with Crippen LogP contribution >= 0.6 is 11.3 Å². The minimum absolute atomic E-state index is 0.122. The molecule has 0 atom stereocenters. The second-order valence-electron chi connectivity index (χ2n) is 6.32. The van der Waals surface area contributed by atoms with Gasteiger partial charge in [-0.15, -0.1) is 11.3 Å². The van der Waals surface area contributed by atoms with Crippen LogP contribution in [0.1, 0.15) is 10.6 Å². The van der Waals surface area contributed by atoms with Crippen LogP contribution in [0.4, 0.5) is 11.4 Å². The molecule has 0 saturated heterocycles. The Labute approximate surface area is 167 Å². The van der Waals surface area contributed by atoms with Gasteiger partial charge in [0.25, 0.3) is 0 Å². The molecule has 142 valence electrons. The lowest BCUT2D eigenvalue weighted by Crippen LogP contribution is -2.28. The van der Waals surface area contributed by atoms with Crippen LogP contribution in [0.15, 0.2) is 58.9 Å². The molecule has 0 amide bonds. The maximum Gasteiger partial charge on any atom is 0.185 e. The Morgan fingerprint density at radius 3 is 2.93 bits per heavy atom. The van der Waals surface area contributed by atoms with Gasteiger partial charge in [-0.3, -0.25) is 0 Å². The van der Waals surface area contributed by atoms with Crippen LogP contribution in [0.2, 0.25) is 0 Å². The summed E-state index contributed by atoms with van der Waals surface area (Å²) >= 11 is 1.32. The van der Waals surface area contributed by atoms with Crippen molar-refractivity contribution < 1.29 is 13.2 Å². The minimum atomic E-state index is -3.50. The first-order chi connectivity index (χ1) is 13.6. The predicted molar refractivity (Wildman–Crippen MR) is 108 cm³/mol. The van der Waals surface area contributed by atoms with Crippen molar-refractivity contribution in [1.29, 1.82) is 5.26 Å². The summed E-state index contributed by atoms with van der Waals surface area (Å²) < 4.78 is 31.2. The Kier molecular flexibility index (Phi) is 5.03. The average molecular weight is 412 g/mol. The second-order valence-corrected chi connectivity index (χ2v) is 9.29. The molecule has 2 heterocycles. The second kappa shape index (κ2) is 7.62. The highest BCUT2D eigenvalue weighted by Gasteiger charge is 2.24. The first-order valence-electron chi connectivity index (χ1n) is 8.68. The zero-order valence-corrected chi connectivity index (χ0v) is 16.5. The van der Waals surface area contributed by atoms with Gasteiger partial charge in [-0.05, 0) is 29.8 Å². The van der Waals surface area contributed by atoms with Crippen molar-refractivity contribution in [2.24, 2.45) is 0 Å². The van der Waals surface area contributed by atoms with Crippen LogP contribution in [-0.2, 0) is 22.0 Å². The molecule has 3 aromatic rings. The summed E-state index contributed by atoms with van der Waals surface area (Å²) in [5.41, 5.74) is 2.71. The first-order valence-corrected chi connectivity index (χ1v) is 11.2. The van der Waals surface area contributed by atoms with E-state index in [1.165, 1.54) is 11.3 Å². The monoisotopic (exact) mass is 411 g/mol. The molecule has 6 nitrogen and oxygen atoms in total. The highest BCUT2D eigenvalue weighted by molar-refractivity contribution is 7.90. The van der Waals surface area contributed by atoms with Crippen molar-refractivity contribution in [2.45, 2.75) is 17.1 Å². The molecular weight excluding hydrogens is 394 g/mol. The normalized spacial score (nSPS) is 13.5. The third kappa shape index (κ3) is 3.72. The van der Waals surface area contributed by atoms with Crippen LogP contribution in [0.3, 0.4) is 0 Å². The van der Waals surface area contributed by atoms with Crippen molar-refractivity contribution >= 4 is 32.5 Å². The average Bonchev–Trinajstić information content (AvgIpc) is 3.20. The van der Waals surface area contributed by atoms with Crippen molar-refractivity contribution in [1.82, 2.24) is 4.98 Å². The smallest absolute Gasteiger partial charge is 0.185 e. The number of aromatic nitrogens is 1. The van der Waals surface area contributed by atoms with Gasteiger partial charge in [-0.2, -0.15) is 5.26 Å². The molecule has 28 heavy (non-hydrogen) atoms. The third-order valence-corrected chi connectivity index (χ3v) is 7.04. The van der Waals surface area contributed by atoms with E-state index in [2.05, 4.69) is 16.0 Å². The van der Waals surface area contributed by atoms with Crippen molar-refractivity contribution in [3.63, 3.8) is 0 Å². The summed E-state index contributed by atoms with van der Waals surface area (Å²) in [6.07, 6.45) is 1.95. The number of sulfone groups is 1. The molecule has 0 radical (unpaired) electrons. The number of fused-ring (bicyclic) bond motifs is 1. The van der Waals surface area contributed by atoms with Gasteiger partial charge in [0.05, 0.1) is 29.6 Å². The molecule has 0 spiro atoms. The standard InChI is InChI=1S/C20H17N3O3S2/c21-7-6-15-2-1-3-16(12-15)23-9-10-26-19-13-17(4-5-18(19)23)28(24,25)14-20-22-8-11-27-20/h1-5,8,11-13H,6,9-10,14H2. The van der Waals surface area contributed by atoms with Gasteiger partial charge < -0.3 is 9.64 Å². The molecule has 1 aliphatic heterocycles. The van der Waals surface area contributed by atoms with E-state index in [9.17, 15) is 8.42 Å². The van der Waals surface area contributed by atoms with Gasteiger partial charge >= 0.3 is 0 Å². The topological polar surface area (TPSA) is 83.3 Å². The number of hydrogen-bond donors (Lipinski definition) is 0. The van der Waals surface area contributed by atoms with Crippen LogP contribution in [0.25, 0.3) is 0 Å². The molecule has 4 rings (SSSR count). The van der Waals surface area contributed by atoms with E-state index in [4.69, 9.17) is 10.00 Å². The fourth-order valence-electron chi connectivity index (χ4n) is 3.16. The quantitative estimate of drug-likeness (QED) is 0.636. The highest BCUT2D eigenvalue weighted by atomic mass is 32.2. The lowest BCUT2D eigenvalue weighted by atomic mass is 10.1. The summed E-state index contributed by atoms with van der Waals surface area (Å²) in [6.45, 7) is 1.10. The van der Waals surface area contributed by atoms with Gasteiger partial charge in [0.15, 0.2) is 9.84 Å². The SMILES string of the molecule is N#CCc1cccc(N2CCOc3cc(S(=O)(=O)Cc4nccs4)ccc32)c1. The molecule has 2 aromatic carbocycles. The molecule has 0 N–H and O–H groups in total. The number of thiazole rings is 1. The Morgan fingerprint density at radius 1 is 1.25 bits per heavy atom. The Hall–Kier alpha value is -2.89. The van der Waals surface area contributed by atoms with Crippen molar-refractivity contribution in [3.05, 3.63) is 64.6 Å². The predicted octanol–water partition coefficient (Wildman–Crippen LogP) is 3.71. The van der Waals surface area contributed by atoms with Gasteiger partial charge in [0.1, 0.15) is 23.1 Å². The minimum Gasteiger partial charge on any atom is -0.489 e. The number of rotatable bonds is 5. The van der Waals surface area contributed by atoms with Gasteiger partial charge in [-0.1, -0.05) is 12.1 Å². The van der Waals surface area contributed by atoms with Crippen molar-refractivity contribution in [3.8, 4) is 11.8 Å². The molecule has 0 fully saturated rings. The molecule has 1 aromatic heterocycles. The first kappa shape index (κ1) is 18.5. The van der Waals surface area contributed by atoms with Crippen LogP contribution in [-0.4, -0.2) is 26.6 Å². The number of ether oxygens (including phenoxy) is 1. The lowest BCUT2D eigenvalue weighted by molar-refractivity contribution is 0.313. The molecule has 0 unspecified atom stereocenters. The molecule has 0 bridgehead atoms. The van der Waals surface area contributed by atoms with E-state index in [1.54, 1.807) is 29.8 Å². The molecule has 8 heteroatoms. The Balaban J connectivity index is 1.66. The Morgan fingerprint density at radius 2 is 2.14 bits per heavy atom. The fraction of sp³-hybridized carbons (Fsp3) is 0.200. The van der Waals surface area contributed by atoms with E-state index in [-0.39, 0.29) is 10.6 Å². The summed E-state index contributed by atoms with van der Waals surface area (Å²) in [5, 5.41) is 11.3. The number of nitrogens with zero attached hydrogens (tertiary/aromatic N) is 3. The summed E-state index contributed by atoms with van der Waals surface area (Å²) in [6, 6.07) is 14.9. The van der Waals surface area contributed by atoms with E-state index in [1.807, 2.05) is 24.3 Å². The van der Waals surface area contributed by atoms with E-state index in [0.717, 1.165) is 16.9 Å². The molecule has 1 aliphatic rings.